The standard InChI is InChI=1S/C22H8S6/c1-5-23-17-9(1)13-15(11-3-7-25-19(11)17)27-22-14-10-2-6-24-18(10)20-12(4-8-26-20)16(14)28-21(13)22/h1-8H. The highest BCUT2D eigenvalue weighted by Gasteiger charge is 2.22. The maximum Gasteiger partial charge on any atom is 0.0549 e. The molecule has 6 heteroatoms. The van der Waals surface area contributed by atoms with Crippen LogP contribution in [0.4, 0.5) is 0 Å². The lowest BCUT2D eigenvalue weighted by molar-refractivity contribution is 2.16. The molecule has 6 heterocycles. The molecule has 0 saturated carbocycles. The van der Waals surface area contributed by atoms with Gasteiger partial charge in [-0.25, -0.2) is 0 Å². The summed E-state index contributed by atoms with van der Waals surface area (Å²) < 4.78 is 11.7. The van der Waals surface area contributed by atoms with Crippen LogP contribution in [0.3, 0.4) is 0 Å². The number of benzene rings is 2. The largest absolute Gasteiger partial charge is 0.142 e. The van der Waals surface area contributed by atoms with Crippen LogP contribution in [-0.4, -0.2) is 0 Å². The van der Waals surface area contributed by atoms with E-state index in [4.69, 9.17) is 0 Å². The van der Waals surface area contributed by atoms with Crippen LogP contribution in [0.5, 0.6) is 0 Å². The molecule has 28 heavy (non-hydrogen) atoms. The van der Waals surface area contributed by atoms with E-state index in [0.29, 0.717) is 0 Å². The van der Waals surface area contributed by atoms with E-state index >= 15 is 0 Å². The molecule has 0 spiro atoms. The van der Waals surface area contributed by atoms with E-state index in [1.54, 1.807) is 0 Å². The van der Waals surface area contributed by atoms with Crippen molar-refractivity contribution >= 4 is 138 Å². The van der Waals surface area contributed by atoms with Crippen LogP contribution in [-0.2, 0) is 0 Å². The second-order valence-corrected chi connectivity index (χ2v) is 12.6. The fourth-order valence-corrected chi connectivity index (χ4v) is 11.6. The van der Waals surface area contributed by atoms with Crippen LogP contribution in [0.1, 0.15) is 0 Å². The second-order valence-electron chi connectivity index (χ2n) is 6.92. The van der Waals surface area contributed by atoms with Crippen LogP contribution in [0.2, 0.25) is 0 Å². The number of hydrogen-bond acceptors (Lipinski definition) is 6. The molecule has 0 radical (unpaired) electrons. The van der Waals surface area contributed by atoms with Gasteiger partial charge in [-0.3, -0.25) is 0 Å². The fraction of sp³-hybridized carbons (Fsp3) is 0. The SMILES string of the molecule is c1cc2c(s1)c1sccc1c1c2sc2c1sc1c3ccsc3c3sccc3c12. The van der Waals surface area contributed by atoms with Crippen molar-refractivity contribution in [3.8, 4) is 0 Å². The van der Waals surface area contributed by atoms with Crippen LogP contribution in [0.25, 0.3) is 69.9 Å². The van der Waals surface area contributed by atoms with Crippen molar-refractivity contribution in [1.82, 2.24) is 0 Å². The van der Waals surface area contributed by atoms with Crippen molar-refractivity contribution in [2.24, 2.45) is 0 Å². The molecule has 0 nitrogen and oxygen atoms in total. The lowest BCUT2D eigenvalue weighted by Crippen LogP contribution is -1.69. The van der Waals surface area contributed by atoms with Gasteiger partial charge in [-0.2, -0.15) is 0 Å². The average Bonchev–Trinajstić information content (AvgIpc) is 3.51. The van der Waals surface area contributed by atoms with E-state index in [1.807, 2.05) is 68.0 Å². The molecule has 0 fully saturated rings. The summed E-state index contributed by atoms with van der Waals surface area (Å²) in [5.41, 5.74) is 0. The molecule has 0 N–H and O–H groups in total. The van der Waals surface area contributed by atoms with Crippen LogP contribution < -0.4 is 0 Å². The normalized spacial score (nSPS) is 13.0. The monoisotopic (exact) mass is 464 g/mol. The molecule has 8 rings (SSSR count). The quantitative estimate of drug-likeness (QED) is 0.209. The zero-order chi connectivity index (χ0) is 18.0. The van der Waals surface area contributed by atoms with Gasteiger partial charge in [0.25, 0.3) is 0 Å². The number of hydrogen-bond donors (Lipinski definition) is 0. The summed E-state index contributed by atoms with van der Waals surface area (Å²) in [5, 5.41) is 17.7. The van der Waals surface area contributed by atoms with Crippen molar-refractivity contribution in [2.75, 3.05) is 0 Å². The van der Waals surface area contributed by atoms with Gasteiger partial charge in [0, 0.05) is 41.7 Å². The highest BCUT2D eigenvalue weighted by atomic mass is 32.1. The van der Waals surface area contributed by atoms with Gasteiger partial charge < -0.3 is 0 Å². The van der Waals surface area contributed by atoms with Gasteiger partial charge in [0.1, 0.15) is 0 Å². The Morgan fingerprint density at radius 2 is 0.714 bits per heavy atom. The Labute approximate surface area is 182 Å². The number of thiophene rings is 6. The van der Waals surface area contributed by atoms with Gasteiger partial charge >= 0.3 is 0 Å². The van der Waals surface area contributed by atoms with Crippen molar-refractivity contribution in [1.29, 1.82) is 0 Å². The van der Waals surface area contributed by atoms with Gasteiger partial charge in [-0.05, 0) is 45.8 Å². The number of rotatable bonds is 0. The molecule has 0 amide bonds. The van der Waals surface area contributed by atoms with Gasteiger partial charge in [0.05, 0.1) is 28.2 Å². The molecular weight excluding hydrogens is 457 g/mol. The molecule has 8 aromatic rings. The minimum absolute atomic E-state index is 1.44. The third-order valence-electron chi connectivity index (χ3n) is 5.62. The first-order valence-corrected chi connectivity index (χ1v) is 14.0. The minimum Gasteiger partial charge on any atom is -0.142 e. The number of fused-ring (bicyclic) bond motifs is 15. The molecule has 0 bridgehead atoms. The molecule has 0 unspecified atom stereocenters. The molecule has 0 atom stereocenters. The molecule has 6 aromatic heterocycles. The molecule has 0 aliphatic heterocycles. The molecule has 0 aliphatic carbocycles. The lowest BCUT2D eigenvalue weighted by atomic mass is 10.1. The predicted molar refractivity (Wildman–Crippen MR) is 136 cm³/mol. The predicted octanol–water partition coefficient (Wildman–Crippen LogP) is 10.1. The maximum absolute atomic E-state index is 2.33. The summed E-state index contributed by atoms with van der Waals surface area (Å²) in [5.74, 6) is 0. The molecule has 132 valence electrons. The third kappa shape index (κ3) is 1.65. The Kier molecular flexibility index (Phi) is 2.81. The van der Waals surface area contributed by atoms with Crippen LogP contribution in [0.15, 0.2) is 45.8 Å². The minimum atomic E-state index is 1.44. The van der Waals surface area contributed by atoms with Crippen molar-refractivity contribution < 1.29 is 0 Å². The Morgan fingerprint density at radius 1 is 0.357 bits per heavy atom. The highest BCUT2D eigenvalue weighted by Crippen LogP contribution is 2.54. The first kappa shape index (κ1) is 15.3. The van der Waals surface area contributed by atoms with Gasteiger partial charge in [-0.1, -0.05) is 0 Å². The summed E-state index contributed by atoms with van der Waals surface area (Å²) in [4.78, 5) is 0. The third-order valence-corrected chi connectivity index (χ3v) is 12.2. The van der Waals surface area contributed by atoms with Gasteiger partial charge in [-0.15, -0.1) is 68.0 Å². The Balaban J connectivity index is 1.77. The summed E-state index contributed by atoms with van der Waals surface area (Å²) in [7, 11) is 0. The van der Waals surface area contributed by atoms with Gasteiger partial charge in [0.2, 0.25) is 0 Å². The lowest BCUT2D eigenvalue weighted by Gasteiger charge is -1.99. The first-order valence-electron chi connectivity index (χ1n) is 8.81. The summed E-state index contributed by atoms with van der Waals surface area (Å²) in [6.45, 7) is 0. The topological polar surface area (TPSA) is 0 Å². The molecule has 0 aliphatic rings. The molecule has 0 saturated heterocycles. The Bertz CT molecular complexity index is 1730. The van der Waals surface area contributed by atoms with E-state index in [-0.39, 0.29) is 0 Å². The van der Waals surface area contributed by atoms with Crippen molar-refractivity contribution in [3.05, 3.63) is 45.8 Å². The Hall–Kier alpha value is -1.54. The summed E-state index contributed by atoms with van der Waals surface area (Å²) >= 11 is 11.6. The average molecular weight is 465 g/mol. The van der Waals surface area contributed by atoms with E-state index in [9.17, 15) is 0 Å². The smallest absolute Gasteiger partial charge is 0.0549 e. The van der Waals surface area contributed by atoms with E-state index in [1.165, 1.54) is 69.9 Å². The van der Waals surface area contributed by atoms with Crippen LogP contribution in [0, 0.1) is 0 Å². The zero-order valence-corrected chi connectivity index (χ0v) is 19.0. The zero-order valence-electron chi connectivity index (χ0n) is 14.1. The van der Waals surface area contributed by atoms with E-state index in [0.717, 1.165) is 0 Å². The second kappa shape index (κ2) is 5.14. The molecule has 2 aromatic carbocycles. The summed E-state index contributed by atoms with van der Waals surface area (Å²) in [6, 6.07) is 9.30. The van der Waals surface area contributed by atoms with Crippen LogP contribution >= 0.6 is 68.0 Å². The summed E-state index contributed by atoms with van der Waals surface area (Å²) in [6.07, 6.45) is 0. The molecular formula is C22H8S6. The van der Waals surface area contributed by atoms with Gasteiger partial charge in [0.15, 0.2) is 0 Å². The Morgan fingerprint density at radius 3 is 1.14 bits per heavy atom. The van der Waals surface area contributed by atoms with Crippen molar-refractivity contribution in [2.45, 2.75) is 0 Å². The van der Waals surface area contributed by atoms with E-state index < -0.39 is 0 Å². The van der Waals surface area contributed by atoms with Crippen molar-refractivity contribution in [3.63, 3.8) is 0 Å². The van der Waals surface area contributed by atoms with E-state index in [2.05, 4.69) is 45.8 Å². The maximum atomic E-state index is 2.33. The first-order chi connectivity index (χ1) is 13.9. The highest BCUT2D eigenvalue weighted by molar-refractivity contribution is 7.39. The fourth-order valence-electron chi connectivity index (χ4n) is 4.49.